The van der Waals surface area contributed by atoms with Crippen molar-refractivity contribution in [1.29, 1.82) is 0 Å². The predicted molar refractivity (Wildman–Crippen MR) is 64.3 cm³/mol. The molecule has 5 nitrogen and oxygen atoms in total. The summed E-state index contributed by atoms with van der Waals surface area (Å²) in [5.41, 5.74) is 5.30. The molecule has 0 fully saturated rings. The van der Waals surface area contributed by atoms with Crippen LogP contribution in [0.4, 0.5) is 0 Å². The van der Waals surface area contributed by atoms with Crippen molar-refractivity contribution in [3.8, 4) is 0 Å². The van der Waals surface area contributed by atoms with Crippen LogP contribution in [0.1, 0.15) is 19.3 Å². The highest BCUT2D eigenvalue weighted by Gasteiger charge is 2.07. The summed E-state index contributed by atoms with van der Waals surface area (Å²) in [5, 5.41) is 0. The van der Waals surface area contributed by atoms with Crippen LogP contribution in [-0.4, -0.2) is 39.4 Å². The van der Waals surface area contributed by atoms with E-state index in [0.29, 0.717) is 18.0 Å². The van der Waals surface area contributed by atoms with Gasteiger partial charge in [-0.15, -0.1) is 0 Å². The molecule has 0 saturated heterocycles. The molecule has 0 aliphatic carbocycles. The molecule has 7 heteroatoms. The van der Waals surface area contributed by atoms with Crippen molar-refractivity contribution < 1.29 is 13.2 Å². The van der Waals surface area contributed by atoms with Crippen molar-refractivity contribution in [2.75, 3.05) is 26.0 Å². The van der Waals surface area contributed by atoms with Crippen LogP contribution in [0.3, 0.4) is 0 Å². The number of unbranched alkanes of at least 4 members (excludes halogenated alkanes) is 1. The second kappa shape index (κ2) is 7.98. The fourth-order valence-electron chi connectivity index (χ4n) is 0.917. The number of nitrogens with two attached hydrogens (primary N) is 1. The molecule has 0 aliphatic rings. The van der Waals surface area contributed by atoms with E-state index in [2.05, 4.69) is 9.46 Å². The molecule has 0 aromatic heterocycles. The van der Waals surface area contributed by atoms with E-state index in [-0.39, 0.29) is 12.4 Å². The largest absolute Gasteiger partial charge is 0.393 e. The zero-order valence-electron chi connectivity index (χ0n) is 8.86. The average Bonchev–Trinajstić information content (AvgIpc) is 2.14. The topological polar surface area (TPSA) is 81.4 Å². The van der Waals surface area contributed by atoms with Gasteiger partial charge in [0.15, 0.2) is 0 Å². The van der Waals surface area contributed by atoms with E-state index in [9.17, 15) is 8.42 Å². The highest BCUT2D eigenvalue weighted by atomic mass is 32.2. The van der Waals surface area contributed by atoms with Gasteiger partial charge < -0.3 is 10.5 Å². The Balaban J connectivity index is 3.53. The molecule has 0 heterocycles. The number of ether oxygens (including phenoxy) is 1. The molecule has 0 aromatic carbocycles. The van der Waals surface area contributed by atoms with Crippen LogP contribution in [0.15, 0.2) is 0 Å². The lowest BCUT2D eigenvalue weighted by atomic mass is 10.2. The minimum atomic E-state index is -3.18. The van der Waals surface area contributed by atoms with Gasteiger partial charge in [0.2, 0.25) is 10.0 Å². The van der Waals surface area contributed by atoms with Crippen molar-refractivity contribution in [2.45, 2.75) is 19.3 Å². The van der Waals surface area contributed by atoms with Crippen LogP contribution in [0.25, 0.3) is 0 Å². The molecule has 0 unspecified atom stereocenters. The van der Waals surface area contributed by atoms with Gasteiger partial charge in [-0.3, -0.25) is 0 Å². The van der Waals surface area contributed by atoms with E-state index in [4.69, 9.17) is 18.0 Å². The Kier molecular flexibility index (Phi) is 7.85. The molecule has 3 N–H and O–H groups in total. The number of methoxy groups -OCH3 is 1. The van der Waals surface area contributed by atoms with E-state index in [0.717, 1.165) is 12.8 Å². The van der Waals surface area contributed by atoms with E-state index in [1.807, 2.05) is 0 Å². The first-order valence-corrected chi connectivity index (χ1v) is 6.78. The first-order chi connectivity index (χ1) is 6.98. The van der Waals surface area contributed by atoms with Crippen molar-refractivity contribution >= 4 is 27.2 Å². The summed E-state index contributed by atoms with van der Waals surface area (Å²) in [5.74, 6) is -0.00119. The third kappa shape index (κ3) is 10.1. The van der Waals surface area contributed by atoms with Crippen LogP contribution < -0.4 is 10.5 Å². The number of nitrogens with one attached hydrogen (secondary N) is 1. The molecular weight excluding hydrogens is 236 g/mol. The van der Waals surface area contributed by atoms with Gasteiger partial charge >= 0.3 is 0 Å². The van der Waals surface area contributed by atoms with Gasteiger partial charge in [-0.2, -0.15) is 0 Å². The summed E-state index contributed by atoms with van der Waals surface area (Å²) in [7, 11) is -1.71. The fourth-order valence-corrected chi connectivity index (χ4v) is 2.05. The third-order valence-corrected chi connectivity index (χ3v) is 3.28. The molecule has 90 valence electrons. The highest BCUT2D eigenvalue weighted by Crippen LogP contribution is 1.95. The molecule has 0 atom stereocenters. The zero-order chi connectivity index (χ0) is 11.7. The summed E-state index contributed by atoms with van der Waals surface area (Å²) >= 11 is 4.70. The van der Waals surface area contributed by atoms with Gasteiger partial charge in [0.25, 0.3) is 0 Å². The molecule has 0 amide bonds. The molecular formula is C8H18N2O3S2. The lowest BCUT2D eigenvalue weighted by Gasteiger charge is -2.05. The Morgan fingerprint density at radius 2 is 2.13 bits per heavy atom. The standard InChI is InChI=1S/C8H18N2O3S2/c1-13-6-7-15(11,12)10-5-3-2-4-8(9)14/h10H,2-7H2,1H3,(H2,9,14). The monoisotopic (exact) mass is 254 g/mol. The number of rotatable bonds is 9. The highest BCUT2D eigenvalue weighted by molar-refractivity contribution is 7.89. The Morgan fingerprint density at radius 1 is 1.47 bits per heavy atom. The quantitative estimate of drug-likeness (QED) is 0.447. The van der Waals surface area contributed by atoms with Gasteiger partial charge in [-0.1, -0.05) is 12.2 Å². The summed E-state index contributed by atoms with van der Waals surface area (Å²) in [4.78, 5) is 0.470. The van der Waals surface area contributed by atoms with Crippen molar-refractivity contribution in [3.63, 3.8) is 0 Å². The summed E-state index contributed by atoms with van der Waals surface area (Å²) in [6.07, 6.45) is 2.21. The van der Waals surface area contributed by atoms with Crippen LogP contribution in [0.2, 0.25) is 0 Å². The zero-order valence-corrected chi connectivity index (χ0v) is 10.5. The van der Waals surface area contributed by atoms with Crippen LogP contribution in [0.5, 0.6) is 0 Å². The molecule has 15 heavy (non-hydrogen) atoms. The normalized spacial score (nSPS) is 11.5. The van der Waals surface area contributed by atoms with Crippen LogP contribution >= 0.6 is 12.2 Å². The lowest BCUT2D eigenvalue weighted by Crippen LogP contribution is -2.29. The average molecular weight is 254 g/mol. The fraction of sp³-hybridized carbons (Fsp3) is 0.875. The molecule has 0 aliphatic heterocycles. The van der Waals surface area contributed by atoms with Crippen LogP contribution in [-0.2, 0) is 14.8 Å². The second-order valence-electron chi connectivity index (χ2n) is 3.13. The minimum Gasteiger partial charge on any atom is -0.393 e. The Bertz CT molecular complexity index is 278. The van der Waals surface area contributed by atoms with E-state index < -0.39 is 10.0 Å². The number of hydrogen-bond acceptors (Lipinski definition) is 4. The second-order valence-corrected chi connectivity index (χ2v) is 5.58. The molecule has 0 spiro atoms. The third-order valence-electron chi connectivity index (χ3n) is 1.73. The number of thiocarbonyl (C=S) groups is 1. The minimum absolute atomic E-state index is 0.00119. The Morgan fingerprint density at radius 3 is 2.67 bits per heavy atom. The van der Waals surface area contributed by atoms with Crippen molar-refractivity contribution in [2.24, 2.45) is 5.73 Å². The number of sulfonamides is 1. The van der Waals surface area contributed by atoms with Gasteiger partial charge in [-0.05, 0) is 19.3 Å². The lowest BCUT2D eigenvalue weighted by molar-refractivity contribution is 0.217. The van der Waals surface area contributed by atoms with Gasteiger partial charge in [0.1, 0.15) is 0 Å². The molecule has 0 bridgehead atoms. The van der Waals surface area contributed by atoms with Crippen molar-refractivity contribution in [3.05, 3.63) is 0 Å². The summed E-state index contributed by atoms with van der Waals surface area (Å²) in [6.45, 7) is 0.636. The first kappa shape index (κ1) is 14.8. The van der Waals surface area contributed by atoms with Crippen molar-refractivity contribution in [1.82, 2.24) is 4.72 Å². The SMILES string of the molecule is COCCS(=O)(=O)NCCCCC(N)=S. The summed E-state index contributed by atoms with van der Waals surface area (Å²) in [6, 6.07) is 0. The maximum Gasteiger partial charge on any atom is 0.213 e. The van der Waals surface area contributed by atoms with Gasteiger partial charge in [0, 0.05) is 13.7 Å². The predicted octanol–water partition coefficient (Wildman–Crippen LogP) is 0.00860. The van der Waals surface area contributed by atoms with Gasteiger partial charge in [-0.25, -0.2) is 13.1 Å². The molecule has 0 saturated carbocycles. The molecule has 0 aromatic rings. The van der Waals surface area contributed by atoms with Gasteiger partial charge in [0.05, 0.1) is 17.3 Å². The van der Waals surface area contributed by atoms with E-state index in [1.54, 1.807) is 0 Å². The molecule has 0 radical (unpaired) electrons. The molecule has 0 rings (SSSR count). The van der Waals surface area contributed by atoms with Crippen LogP contribution in [0, 0.1) is 0 Å². The maximum atomic E-state index is 11.2. The van der Waals surface area contributed by atoms with E-state index in [1.165, 1.54) is 7.11 Å². The maximum absolute atomic E-state index is 11.2. The smallest absolute Gasteiger partial charge is 0.213 e. The summed E-state index contributed by atoms with van der Waals surface area (Å²) < 4.78 is 29.6. The number of hydrogen-bond donors (Lipinski definition) is 2. The first-order valence-electron chi connectivity index (χ1n) is 4.72. The Labute approximate surface area is 96.4 Å². The van der Waals surface area contributed by atoms with E-state index >= 15 is 0 Å². The Hall–Kier alpha value is -0.240.